The predicted molar refractivity (Wildman–Crippen MR) is 66.5 cm³/mol. The summed E-state index contributed by atoms with van der Waals surface area (Å²) < 4.78 is 5.92. The van der Waals surface area contributed by atoms with Gasteiger partial charge in [-0.2, -0.15) is 0 Å². The molecule has 3 heteroatoms. The molecule has 2 N–H and O–H groups in total. The Balaban J connectivity index is 1.81. The van der Waals surface area contributed by atoms with Crippen LogP contribution in [0.15, 0.2) is 0 Å². The summed E-state index contributed by atoms with van der Waals surface area (Å²) in [5.74, 6) is 0. The standard InChI is InChI=1S/C13H26N2O/c1-11-5-6-13(16-11)10-15-9-3-2-4-12(15)7-8-14/h11-13H,2-10,14H2,1H3. The quantitative estimate of drug-likeness (QED) is 0.794. The first-order chi connectivity index (χ1) is 7.79. The van der Waals surface area contributed by atoms with E-state index in [0.717, 1.165) is 25.6 Å². The molecule has 2 fully saturated rings. The maximum atomic E-state index is 5.92. The molecule has 0 aromatic rings. The van der Waals surface area contributed by atoms with Crippen molar-refractivity contribution in [2.45, 2.75) is 63.7 Å². The van der Waals surface area contributed by atoms with Gasteiger partial charge in [-0.3, -0.25) is 4.90 Å². The van der Waals surface area contributed by atoms with Gasteiger partial charge in [0.15, 0.2) is 0 Å². The zero-order valence-corrected chi connectivity index (χ0v) is 10.5. The average Bonchev–Trinajstić information content (AvgIpc) is 2.67. The van der Waals surface area contributed by atoms with Gasteiger partial charge >= 0.3 is 0 Å². The SMILES string of the molecule is CC1CCC(CN2CCCCC2CCN)O1. The van der Waals surface area contributed by atoms with E-state index in [1.165, 1.54) is 38.6 Å². The van der Waals surface area contributed by atoms with Crippen LogP contribution in [0.2, 0.25) is 0 Å². The number of likely N-dealkylation sites (tertiary alicyclic amines) is 1. The molecule has 0 aromatic carbocycles. The predicted octanol–water partition coefficient (Wildman–Crippen LogP) is 1.76. The Morgan fingerprint density at radius 2 is 2.12 bits per heavy atom. The lowest BCUT2D eigenvalue weighted by molar-refractivity contribution is 0.0127. The van der Waals surface area contributed by atoms with Gasteiger partial charge in [-0.05, 0) is 52.1 Å². The molecule has 0 bridgehead atoms. The summed E-state index contributed by atoms with van der Waals surface area (Å²) in [5, 5.41) is 0. The van der Waals surface area contributed by atoms with Crippen molar-refractivity contribution in [3.05, 3.63) is 0 Å². The van der Waals surface area contributed by atoms with E-state index in [-0.39, 0.29) is 0 Å². The number of nitrogens with zero attached hydrogens (tertiary/aromatic N) is 1. The molecule has 0 saturated carbocycles. The molecule has 0 radical (unpaired) electrons. The van der Waals surface area contributed by atoms with Crippen molar-refractivity contribution in [2.24, 2.45) is 5.73 Å². The Kier molecular flexibility index (Phi) is 4.62. The lowest BCUT2D eigenvalue weighted by Crippen LogP contribution is -2.44. The molecule has 2 aliphatic heterocycles. The third-order valence-electron chi connectivity index (χ3n) is 4.01. The molecular weight excluding hydrogens is 200 g/mol. The molecule has 2 saturated heterocycles. The molecule has 0 aliphatic carbocycles. The average molecular weight is 226 g/mol. The molecule has 2 aliphatic rings. The van der Waals surface area contributed by atoms with Crippen molar-refractivity contribution in [3.8, 4) is 0 Å². The van der Waals surface area contributed by atoms with Crippen molar-refractivity contribution < 1.29 is 4.74 Å². The highest BCUT2D eigenvalue weighted by Crippen LogP contribution is 2.24. The molecule has 2 heterocycles. The van der Waals surface area contributed by atoms with E-state index >= 15 is 0 Å². The third kappa shape index (κ3) is 3.19. The number of hydrogen-bond donors (Lipinski definition) is 1. The van der Waals surface area contributed by atoms with E-state index < -0.39 is 0 Å². The van der Waals surface area contributed by atoms with Crippen LogP contribution in [0.3, 0.4) is 0 Å². The lowest BCUT2D eigenvalue weighted by Gasteiger charge is -2.37. The van der Waals surface area contributed by atoms with Gasteiger partial charge in [-0.25, -0.2) is 0 Å². The Labute approximate surface area is 99.3 Å². The van der Waals surface area contributed by atoms with E-state index in [0.29, 0.717) is 12.2 Å². The van der Waals surface area contributed by atoms with Gasteiger partial charge in [-0.1, -0.05) is 6.42 Å². The van der Waals surface area contributed by atoms with Gasteiger partial charge in [0.1, 0.15) is 0 Å². The van der Waals surface area contributed by atoms with E-state index in [2.05, 4.69) is 11.8 Å². The second kappa shape index (κ2) is 5.99. The molecule has 2 rings (SSSR count). The van der Waals surface area contributed by atoms with Crippen LogP contribution in [0.5, 0.6) is 0 Å². The zero-order chi connectivity index (χ0) is 11.4. The smallest absolute Gasteiger partial charge is 0.0706 e. The van der Waals surface area contributed by atoms with Gasteiger partial charge in [0.2, 0.25) is 0 Å². The minimum Gasteiger partial charge on any atom is -0.374 e. The number of piperidine rings is 1. The highest BCUT2D eigenvalue weighted by Gasteiger charge is 2.28. The molecule has 16 heavy (non-hydrogen) atoms. The van der Waals surface area contributed by atoms with Gasteiger partial charge in [0.25, 0.3) is 0 Å². The van der Waals surface area contributed by atoms with Crippen LogP contribution in [0, 0.1) is 0 Å². The molecule has 0 amide bonds. The van der Waals surface area contributed by atoms with Crippen molar-refractivity contribution in [1.82, 2.24) is 4.90 Å². The fourth-order valence-electron chi connectivity index (χ4n) is 3.10. The van der Waals surface area contributed by atoms with E-state index in [9.17, 15) is 0 Å². The van der Waals surface area contributed by atoms with Crippen LogP contribution in [0.4, 0.5) is 0 Å². The number of ether oxygens (including phenoxy) is 1. The summed E-state index contributed by atoms with van der Waals surface area (Å²) in [6, 6.07) is 0.721. The summed E-state index contributed by atoms with van der Waals surface area (Å²) in [5.41, 5.74) is 5.69. The highest BCUT2D eigenvalue weighted by atomic mass is 16.5. The maximum absolute atomic E-state index is 5.92. The number of hydrogen-bond acceptors (Lipinski definition) is 3. The van der Waals surface area contributed by atoms with Crippen LogP contribution in [0.25, 0.3) is 0 Å². The van der Waals surface area contributed by atoms with Crippen molar-refractivity contribution in [1.29, 1.82) is 0 Å². The number of rotatable bonds is 4. The third-order valence-corrected chi connectivity index (χ3v) is 4.01. The second-order valence-corrected chi connectivity index (χ2v) is 5.37. The molecule has 94 valence electrons. The van der Waals surface area contributed by atoms with Crippen LogP contribution >= 0.6 is 0 Å². The molecule has 3 unspecified atom stereocenters. The first-order valence-corrected chi connectivity index (χ1v) is 6.89. The minimum absolute atomic E-state index is 0.475. The van der Waals surface area contributed by atoms with Crippen LogP contribution in [-0.4, -0.2) is 42.8 Å². The monoisotopic (exact) mass is 226 g/mol. The molecule has 3 nitrogen and oxygen atoms in total. The number of nitrogens with two attached hydrogens (primary N) is 1. The summed E-state index contributed by atoms with van der Waals surface area (Å²) in [6.07, 6.45) is 8.65. The van der Waals surface area contributed by atoms with Gasteiger partial charge in [-0.15, -0.1) is 0 Å². The van der Waals surface area contributed by atoms with Gasteiger partial charge < -0.3 is 10.5 Å². The Morgan fingerprint density at radius 3 is 2.81 bits per heavy atom. The first kappa shape index (κ1) is 12.3. The topological polar surface area (TPSA) is 38.5 Å². The van der Waals surface area contributed by atoms with Crippen LogP contribution in [0.1, 0.15) is 45.4 Å². The van der Waals surface area contributed by atoms with E-state index in [1.807, 2.05) is 0 Å². The fourth-order valence-corrected chi connectivity index (χ4v) is 3.10. The fraction of sp³-hybridized carbons (Fsp3) is 1.00. The lowest BCUT2D eigenvalue weighted by atomic mass is 9.98. The molecule has 0 aromatic heterocycles. The first-order valence-electron chi connectivity index (χ1n) is 6.89. The van der Waals surface area contributed by atoms with Crippen LogP contribution in [-0.2, 0) is 4.74 Å². The van der Waals surface area contributed by atoms with Crippen molar-refractivity contribution in [2.75, 3.05) is 19.6 Å². The summed E-state index contributed by atoms with van der Waals surface area (Å²) in [7, 11) is 0. The van der Waals surface area contributed by atoms with E-state index in [4.69, 9.17) is 10.5 Å². The Morgan fingerprint density at radius 1 is 1.25 bits per heavy atom. The minimum atomic E-state index is 0.475. The largest absolute Gasteiger partial charge is 0.374 e. The summed E-state index contributed by atoms with van der Waals surface area (Å²) >= 11 is 0. The highest BCUT2D eigenvalue weighted by molar-refractivity contribution is 4.81. The summed E-state index contributed by atoms with van der Waals surface area (Å²) in [6.45, 7) is 5.39. The van der Waals surface area contributed by atoms with Crippen molar-refractivity contribution >= 4 is 0 Å². The zero-order valence-electron chi connectivity index (χ0n) is 10.5. The summed E-state index contributed by atoms with van der Waals surface area (Å²) in [4.78, 5) is 2.62. The van der Waals surface area contributed by atoms with Crippen molar-refractivity contribution in [3.63, 3.8) is 0 Å². The van der Waals surface area contributed by atoms with Gasteiger partial charge in [0.05, 0.1) is 12.2 Å². The molecule has 0 spiro atoms. The Hall–Kier alpha value is -0.120. The molecule has 3 atom stereocenters. The normalized spacial score (nSPS) is 36.8. The Bertz CT molecular complexity index is 208. The van der Waals surface area contributed by atoms with E-state index in [1.54, 1.807) is 0 Å². The van der Waals surface area contributed by atoms with Crippen LogP contribution < -0.4 is 5.73 Å². The second-order valence-electron chi connectivity index (χ2n) is 5.37. The maximum Gasteiger partial charge on any atom is 0.0706 e. The molecular formula is C13H26N2O. The van der Waals surface area contributed by atoms with Gasteiger partial charge in [0, 0.05) is 12.6 Å².